The lowest BCUT2D eigenvalue weighted by Gasteiger charge is -2.45. The Labute approximate surface area is 84.2 Å². The Hall–Kier alpha value is -0.235. The number of nitrogens with two attached hydrogens (primary N) is 1. The molecular formula is C11H22BN. The average Bonchev–Trinajstić information content (AvgIpc) is 1.81. The lowest BCUT2D eigenvalue weighted by molar-refractivity contribution is 0.276. The SMILES string of the molecule is [B]C(N)(C(=C)C(C)(C)C)C(C)(C)C. The maximum absolute atomic E-state index is 6.10. The molecule has 0 aliphatic carbocycles. The van der Waals surface area contributed by atoms with E-state index in [1.165, 1.54) is 0 Å². The Morgan fingerprint density at radius 2 is 1.38 bits per heavy atom. The van der Waals surface area contributed by atoms with Gasteiger partial charge in [-0.25, -0.2) is 0 Å². The standard InChI is InChI=1S/C11H22BN/c1-8(9(2,3)4)11(12,13)10(5,6)7/h1,13H2,2-7H3. The first kappa shape index (κ1) is 12.8. The van der Waals surface area contributed by atoms with E-state index in [2.05, 4.69) is 27.4 Å². The fourth-order valence-electron chi connectivity index (χ4n) is 1.07. The first-order chi connectivity index (χ1) is 5.40. The van der Waals surface area contributed by atoms with Crippen LogP contribution in [0.3, 0.4) is 0 Å². The molecule has 1 nitrogen and oxygen atoms in total. The number of hydrogen-bond donors (Lipinski definition) is 1. The van der Waals surface area contributed by atoms with Gasteiger partial charge in [0.15, 0.2) is 0 Å². The minimum Gasteiger partial charge on any atom is -0.329 e. The molecule has 0 aromatic carbocycles. The molecule has 0 spiro atoms. The van der Waals surface area contributed by atoms with Gasteiger partial charge < -0.3 is 5.73 Å². The van der Waals surface area contributed by atoms with Crippen LogP contribution >= 0.6 is 0 Å². The van der Waals surface area contributed by atoms with Gasteiger partial charge >= 0.3 is 0 Å². The highest BCUT2D eigenvalue weighted by Gasteiger charge is 2.39. The van der Waals surface area contributed by atoms with Crippen molar-refractivity contribution in [1.82, 2.24) is 0 Å². The van der Waals surface area contributed by atoms with Gasteiger partial charge in [0.25, 0.3) is 0 Å². The highest BCUT2D eigenvalue weighted by Crippen LogP contribution is 2.39. The van der Waals surface area contributed by atoms with Gasteiger partial charge in [0.2, 0.25) is 0 Å². The molecule has 0 aromatic rings. The largest absolute Gasteiger partial charge is 0.329 e. The normalized spacial score (nSPS) is 18.1. The second kappa shape index (κ2) is 3.16. The molecule has 74 valence electrons. The van der Waals surface area contributed by atoms with E-state index < -0.39 is 5.44 Å². The number of hydrogen-bond acceptors (Lipinski definition) is 1. The maximum atomic E-state index is 6.10. The van der Waals surface area contributed by atoms with Crippen LogP contribution in [0, 0.1) is 10.8 Å². The summed E-state index contributed by atoms with van der Waals surface area (Å²) in [6.07, 6.45) is 0. The third-order valence-corrected chi connectivity index (χ3v) is 2.65. The molecule has 0 aliphatic heterocycles. The van der Waals surface area contributed by atoms with Crippen molar-refractivity contribution in [2.24, 2.45) is 16.6 Å². The molecule has 2 radical (unpaired) electrons. The highest BCUT2D eigenvalue weighted by molar-refractivity contribution is 6.18. The molecule has 13 heavy (non-hydrogen) atoms. The minimum atomic E-state index is -0.814. The van der Waals surface area contributed by atoms with Crippen molar-refractivity contribution in [3.8, 4) is 0 Å². The predicted octanol–water partition coefficient (Wildman–Crippen LogP) is 2.46. The molecule has 0 amide bonds. The van der Waals surface area contributed by atoms with Crippen LogP contribution in [0.25, 0.3) is 0 Å². The first-order valence-electron chi connectivity index (χ1n) is 4.68. The van der Waals surface area contributed by atoms with Gasteiger partial charge in [0.1, 0.15) is 7.85 Å². The fourth-order valence-corrected chi connectivity index (χ4v) is 1.07. The minimum absolute atomic E-state index is 0.0449. The Bertz CT molecular complexity index is 203. The van der Waals surface area contributed by atoms with Crippen LogP contribution < -0.4 is 5.73 Å². The molecule has 0 rings (SSSR count). The Morgan fingerprint density at radius 3 is 1.46 bits per heavy atom. The van der Waals surface area contributed by atoms with Gasteiger partial charge in [-0.2, -0.15) is 0 Å². The Morgan fingerprint density at radius 1 is 1.08 bits per heavy atom. The van der Waals surface area contributed by atoms with Crippen LogP contribution in [-0.2, 0) is 0 Å². The van der Waals surface area contributed by atoms with E-state index in [4.69, 9.17) is 13.6 Å². The lowest BCUT2D eigenvalue weighted by Crippen LogP contribution is -2.55. The smallest absolute Gasteiger partial charge is 0.102 e. The third-order valence-electron chi connectivity index (χ3n) is 2.65. The van der Waals surface area contributed by atoms with Crippen molar-refractivity contribution in [3.63, 3.8) is 0 Å². The summed E-state index contributed by atoms with van der Waals surface area (Å²) in [6.45, 7) is 16.3. The topological polar surface area (TPSA) is 26.0 Å². The number of rotatable bonds is 1. The molecule has 0 aliphatic rings. The monoisotopic (exact) mass is 179 g/mol. The van der Waals surface area contributed by atoms with Gasteiger partial charge in [0.05, 0.1) is 0 Å². The van der Waals surface area contributed by atoms with Gasteiger partial charge in [-0.1, -0.05) is 53.7 Å². The van der Waals surface area contributed by atoms with E-state index in [1.54, 1.807) is 0 Å². The molecule has 1 unspecified atom stereocenters. The van der Waals surface area contributed by atoms with E-state index in [0.29, 0.717) is 0 Å². The average molecular weight is 179 g/mol. The molecule has 0 heterocycles. The van der Waals surface area contributed by atoms with Gasteiger partial charge in [-0.05, 0) is 10.8 Å². The second-order valence-electron chi connectivity index (χ2n) is 5.85. The predicted molar refractivity (Wildman–Crippen MR) is 60.7 cm³/mol. The highest BCUT2D eigenvalue weighted by atomic mass is 14.7. The van der Waals surface area contributed by atoms with Crippen LogP contribution in [0.5, 0.6) is 0 Å². The summed E-state index contributed by atoms with van der Waals surface area (Å²) >= 11 is 0. The molecule has 0 saturated carbocycles. The van der Waals surface area contributed by atoms with E-state index in [9.17, 15) is 0 Å². The van der Waals surface area contributed by atoms with E-state index >= 15 is 0 Å². The quantitative estimate of drug-likeness (QED) is 0.485. The summed E-state index contributed by atoms with van der Waals surface area (Å²) in [5.74, 6) is 0. The molecule has 0 bridgehead atoms. The summed E-state index contributed by atoms with van der Waals surface area (Å²) < 4.78 is 0. The van der Waals surface area contributed by atoms with Crippen molar-refractivity contribution < 1.29 is 0 Å². The van der Waals surface area contributed by atoms with E-state index in [-0.39, 0.29) is 10.8 Å². The lowest BCUT2D eigenvalue weighted by atomic mass is 9.54. The molecule has 0 saturated heterocycles. The van der Waals surface area contributed by atoms with Gasteiger partial charge in [-0.3, -0.25) is 0 Å². The van der Waals surface area contributed by atoms with Crippen molar-refractivity contribution in [3.05, 3.63) is 12.2 Å². The third kappa shape index (κ3) is 2.60. The zero-order valence-electron chi connectivity index (χ0n) is 9.86. The van der Waals surface area contributed by atoms with Crippen LogP contribution in [0.15, 0.2) is 12.2 Å². The van der Waals surface area contributed by atoms with Crippen molar-refractivity contribution in [2.75, 3.05) is 0 Å². The summed E-state index contributed by atoms with van der Waals surface area (Å²) in [5.41, 5.74) is 5.97. The summed E-state index contributed by atoms with van der Waals surface area (Å²) in [5, 5.41) is 0. The van der Waals surface area contributed by atoms with E-state index in [1.807, 2.05) is 20.8 Å². The maximum Gasteiger partial charge on any atom is 0.102 e. The molecule has 1 atom stereocenters. The molecular weight excluding hydrogens is 157 g/mol. The molecule has 2 N–H and O–H groups in total. The Kier molecular flexibility index (Phi) is 3.10. The zero-order chi connectivity index (χ0) is 11.1. The molecule has 0 aromatic heterocycles. The Balaban J connectivity index is 4.98. The fraction of sp³-hybridized carbons (Fsp3) is 0.818. The zero-order valence-corrected chi connectivity index (χ0v) is 9.86. The van der Waals surface area contributed by atoms with Crippen molar-refractivity contribution in [2.45, 2.75) is 47.0 Å². The summed E-state index contributed by atoms with van der Waals surface area (Å²) in [7, 11) is 6.10. The second-order valence-corrected chi connectivity index (χ2v) is 5.85. The summed E-state index contributed by atoms with van der Waals surface area (Å²) in [4.78, 5) is 0. The van der Waals surface area contributed by atoms with Crippen molar-refractivity contribution in [1.29, 1.82) is 0 Å². The first-order valence-corrected chi connectivity index (χ1v) is 4.68. The molecule has 2 heteroatoms. The summed E-state index contributed by atoms with van der Waals surface area (Å²) in [6, 6.07) is 0. The molecule has 0 fully saturated rings. The van der Waals surface area contributed by atoms with Crippen LogP contribution in [0.4, 0.5) is 0 Å². The van der Waals surface area contributed by atoms with Crippen molar-refractivity contribution >= 4 is 7.85 Å². The van der Waals surface area contributed by atoms with Gasteiger partial charge in [-0.15, -0.1) is 0 Å². The van der Waals surface area contributed by atoms with Gasteiger partial charge in [0, 0.05) is 5.44 Å². The van der Waals surface area contributed by atoms with Crippen LogP contribution in [-0.4, -0.2) is 13.3 Å². The van der Waals surface area contributed by atoms with Crippen LogP contribution in [0.1, 0.15) is 41.5 Å². The van der Waals surface area contributed by atoms with E-state index in [0.717, 1.165) is 5.57 Å². The van der Waals surface area contributed by atoms with Crippen LogP contribution in [0.2, 0.25) is 0 Å².